The van der Waals surface area contributed by atoms with Gasteiger partial charge in [0, 0.05) is 54.8 Å². The molecule has 0 amide bonds. The molecule has 0 radical (unpaired) electrons. The number of alkyl halides is 3. The van der Waals surface area contributed by atoms with Gasteiger partial charge in [-0.2, -0.15) is 13.2 Å². The maximum Gasteiger partial charge on any atom is 0.418 e. The number of rotatable bonds is 8. The maximum absolute atomic E-state index is 16.8. The lowest BCUT2D eigenvalue weighted by Crippen LogP contribution is -2.31. The number of nitrogens with one attached hydrogen (secondary N) is 1. The third-order valence-electron chi connectivity index (χ3n) is 14.6. The Morgan fingerprint density at radius 1 is 0.463 bits per heavy atom. The lowest BCUT2D eigenvalue weighted by atomic mass is 9.97. The summed E-state index contributed by atoms with van der Waals surface area (Å²) in [5.74, 6) is 0.633. The first-order chi connectivity index (χ1) is 39.1. The van der Waals surface area contributed by atoms with E-state index in [0.29, 0.717) is 90.2 Å². The van der Waals surface area contributed by atoms with Crippen LogP contribution in [0.1, 0.15) is 22.3 Å². The van der Waals surface area contributed by atoms with E-state index < -0.39 is 28.9 Å². The first-order valence-corrected chi connectivity index (χ1v) is 25.8. The molecule has 4 heterocycles. The van der Waals surface area contributed by atoms with E-state index in [1.54, 1.807) is 27.3 Å². The van der Waals surface area contributed by atoms with Gasteiger partial charge < -0.3 is 14.5 Å². The molecule has 1 N–H and O–H groups in total. The number of benzene rings is 9. The molecule has 0 spiro atoms. The van der Waals surface area contributed by atoms with Gasteiger partial charge in [-0.25, -0.2) is 33.7 Å². The molecule has 12 aromatic rings. The zero-order valence-corrected chi connectivity index (χ0v) is 42.2. The normalized spacial score (nSPS) is 14.0. The highest BCUT2D eigenvalue weighted by molar-refractivity contribution is 6.16. The highest BCUT2D eigenvalue weighted by Gasteiger charge is 2.37. The number of para-hydroxylation sites is 1. The van der Waals surface area contributed by atoms with Crippen molar-refractivity contribution in [1.82, 2.24) is 29.4 Å². The van der Waals surface area contributed by atoms with E-state index in [-0.39, 0.29) is 16.9 Å². The Kier molecular flexibility index (Phi) is 11.6. The molecule has 0 fully saturated rings. The average Bonchev–Trinajstić information content (AvgIpc) is 4.19. The molecule has 1 aliphatic carbocycles. The van der Waals surface area contributed by atoms with Crippen molar-refractivity contribution in [2.24, 2.45) is 9.98 Å². The molecule has 0 unspecified atom stereocenters. The SMILES string of the molecule is Fc1cccc(F)c1-c1cc(-n2c3c(c4ccc(=C5N=C(c6ccccc6)N=C(c6ccccc6)N5)cc42)CC=CC=3)c(C(F)(F)F)cc1-n1c2ccccc2c2ccc(-c3nc(-c4ccccc4)nc(-c4ccccc4)n3)cc21. The zero-order valence-electron chi connectivity index (χ0n) is 42.2. The fourth-order valence-corrected chi connectivity index (χ4v) is 10.9. The van der Waals surface area contributed by atoms with E-state index in [2.05, 4.69) is 5.32 Å². The van der Waals surface area contributed by atoms with Crippen molar-refractivity contribution in [3.8, 4) is 56.7 Å². The summed E-state index contributed by atoms with van der Waals surface area (Å²) < 4.78 is 86.5. The number of aliphatic imine (C=N–C) groups is 2. The molecule has 384 valence electrons. The predicted octanol–water partition coefficient (Wildman–Crippen LogP) is 14.3. The van der Waals surface area contributed by atoms with Gasteiger partial charge in [0.15, 0.2) is 23.3 Å². The molecule has 0 bridgehead atoms. The highest BCUT2D eigenvalue weighted by Crippen LogP contribution is 2.45. The van der Waals surface area contributed by atoms with Crippen molar-refractivity contribution < 1.29 is 22.0 Å². The summed E-state index contributed by atoms with van der Waals surface area (Å²) in [5, 5.41) is 6.53. The summed E-state index contributed by atoms with van der Waals surface area (Å²) in [6.07, 6.45) is 0.943. The zero-order chi connectivity index (χ0) is 54.1. The summed E-state index contributed by atoms with van der Waals surface area (Å²) in [7, 11) is 0. The maximum atomic E-state index is 16.8. The monoisotopic (exact) mass is 1050 g/mol. The number of nitrogens with zero attached hydrogens (tertiary/aromatic N) is 7. The lowest BCUT2D eigenvalue weighted by molar-refractivity contribution is -0.137. The Hall–Kier alpha value is -10.4. The molecule has 1 aliphatic heterocycles. The van der Waals surface area contributed by atoms with Crippen LogP contribution in [0.3, 0.4) is 0 Å². The minimum atomic E-state index is -5.01. The third-order valence-corrected chi connectivity index (χ3v) is 14.6. The largest absolute Gasteiger partial charge is 0.418 e. The van der Waals surface area contributed by atoms with E-state index in [1.807, 2.05) is 182 Å². The van der Waals surface area contributed by atoms with Gasteiger partial charge in [-0.15, -0.1) is 0 Å². The van der Waals surface area contributed by atoms with E-state index in [4.69, 9.17) is 24.9 Å². The lowest BCUT2D eigenvalue weighted by Gasteiger charge is -2.22. The first kappa shape index (κ1) is 48.0. The molecular weight excluding hydrogens is 1010 g/mol. The van der Waals surface area contributed by atoms with Crippen LogP contribution in [-0.4, -0.2) is 35.8 Å². The number of aromatic nitrogens is 5. The van der Waals surface area contributed by atoms with Gasteiger partial charge in [-0.1, -0.05) is 182 Å². The van der Waals surface area contributed by atoms with Crippen LogP contribution in [0.4, 0.5) is 22.0 Å². The van der Waals surface area contributed by atoms with E-state index >= 15 is 22.0 Å². The number of allylic oxidation sites excluding steroid dienone is 2. The van der Waals surface area contributed by atoms with Gasteiger partial charge in [0.2, 0.25) is 0 Å². The summed E-state index contributed by atoms with van der Waals surface area (Å²) in [6.45, 7) is 0. The smallest absolute Gasteiger partial charge is 0.324 e. The number of hydrogen-bond acceptors (Lipinski definition) is 6. The average molecular weight is 1050 g/mol. The van der Waals surface area contributed by atoms with Gasteiger partial charge in [-0.05, 0) is 60.5 Å². The molecule has 80 heavy (non-hydrogen) atoms. The molecule has 0 saturated carbocycles. The third kappa shape index (κ3) is 8.34. The van der Waals surface area contributed by atoms with Gasteiger partial charge in [0.1, 0.15) is 23.3 Å². The number of fused-ring (bicyclic) bond motifs is 6. The first-order valence-electron chi connectivity index (χ1n) is 25.8. The molecule has 0 atom stereocenters. The number of hydrogen-bond donors (Lipinski definition) is 1. The summed E-state index contributed by atoms with van der Waals surface area (Å²) in [6, 6.07) is 62.3. The Balaban J connectivity index is 1.04. The Morgan fingerprint density at radius 2 is 1.04 bits per heavy atom. The topological polar surface area (TPSA) is 85.3 Å². The second kappa shape index (κ2) is 19.3. The van der Waals surface area contributed by atoms with Crippen LogP contribution in [0.15, 0.2) is 234 Å². The predicted molar refractivity (Wildman–Crippen MR) is 307 cm³/mol. The van der Waals surface area contributed by atoms with Gasteiger partial charge in [0.25, 0.3) is 0 Å². The van der Waals surface area contributed by atoms with Gasteiger partial charge in [-0.3, -0.25) is 0 Å². The molecule has 14 rings (SSSR count). The minimum Gasteiger partial charge on any atom is -0.324 e. The van der Waals surface area contributed by atoms with Crippen LogP contribution < -0.4 is 15.9 Å². The Labute approximate surface area is 453 Å². The fraction of sp³-hybridized carbons (Fsp3) is 0.0299. The molecule has 3 aromatic heterocycles. The van der Waals surface area contributed by atoms with Crippen molar-refractivity contribution in [3.63, 3.8) is 0 Å². The van der Waals surface area contributed by atoms with Crippen LogP contribution >= 0.6 is 0 Å². The molecule has 9 aromatic carbocycles. The summed E-state index contributed by atoms with van der Waals surface area (Å²) in [4.78, 5) is 24.7. The number of halogens is 5. The van der Waals surface area contributed by atoms with Crippen LogP contribution in [0.2, 0.25) is 0 Å². The van der Waals surface area contributed by atoms with Gasteiger partial charge >= 0.3 is 6.18 Å². The van der Waals surface area contributed by atoms with Crippen molar-refractivity contribution in [3.05, 3.63) is 269 Å². The molecular formula is C67H41F5N8. The Morgan fingerprint density at radius 3 is 1.70 bits per heavy atom. The van der Waals surface area contributed by atoms with Crippen LogP contribution in [0.5, 0.6) is 0 Å². The number of amidine groups is 2. The fourth-order valence-electron chi connectivity index (χ4n) is 10.9. The van der Waals surface area contributed by atoms with E-state index in [9.17, 15) is 0 Å². The quantitative estimate of drug-likeness (QED) is 0.154. The molecule has 0 saturated heterocycles. The summed E-state index contributed by atoms with van der Waals surface area (Å²) >= 11 is 0. The molecule has 13 heteroatoms. The van der Waals surface area contributed by atoms with Crippen molar-refractivity contribution >= 4 is 56.3 Å². The highest BCUT2D eigenvalue weighted by atomic mass is 19.4. The second-order valence-corrected chi connectivity index (χ2v) is 19.4. The Bertz CT molecular complexity index is 4620. The van der Waals surface area contributed by atoms with Crippen molar-refractivity contribution in [2.45, 2.75) is 12.6 Å². The van der Waals surface area contributed by atoms with Crippen molar-refractivity contribution in [2.75, 3.05) is 0 Å². The minimum absolute atomic E-state index is 0.105. The molecule has 8 nitrogen and oxygen atoms in total. The van der Waals surface area contributed by atoms with Gasteiger partial charge in [0.05, 0.1) is 44.4 Å². The van der Waals surface area contributed by atoms with Crippen LogP contribution in [-0.2, 0) is 12.6 Å². The van der Waals surface area contributed by atoms with E-state index in [1.165, 1.54) is 12.1 Å². The van der Waals surface area contributed by atoms with Crippen molar-refractivity contribution in [1.29, 1.82) is 0 Å². The van der Waals surface area contributed by atoms with E-state index in [0.717, 1.165) is 46.0 Å². The second-order valence-electron chi connectivity index (χ2n) is 19.4. The molecule has 2 aliphatic rings. The summed E-state index contributed by atoms with van der Waals surface area (Å²) in [5.41, 5.74) is 3.68. The van der Waals surface area contributed by atoms with Crippen LogP contribution in [0, 0.1) is 11.6 Å². The standard InChI is InChI=1S/C67H41F5N8/c68-52-28-17-29-53(69)60(52)50-38-59(80-55-31-16-14-27-47(55)49-35-33-45(37-57(49)80)66-77-63(42-22-9-3-10-23-42)74-64(78-66)43-24-11-4-12-25-43)51(67(70,71)72)39-58(50)79-54-30-15-13-26-46(54)48-34-32-44(36-56(48)79)65-75-61(40-18-5-1-6-19-40)73-62(76-65)41-20-7-2-8-21-41/h1-26,28-39H,27H2,(H,74,77,78). The van der Waals surface area contributed by atoms with Crippen LogP contribution in [0.25, 0.3) is 101 Å².